The van der Waals surface area contributed by atoms with Crippen molar-refractivity contribution in [2.24, 2.45) is 4.99 Å². The second kappa shape index (κ2) is 10.7. The highest BCUT2D eigenvalue weighted by Gasteiger charge is 2.33. The molecule has 0 bridgehead atoms. The van der Waals surface area contributed by atoms with Crippen molar-refractivity contribution in [3.8, 4) is 11.5 Å². The quantitative estimate of drug-likeness (QED) is 0.361. The minimum Gasteiger partial charge on any atom is -0.494 e. The van der Waals surface area contributed by atoms with E-state index in [1.807, 2.05) is 37.3 Å². The Balaban J connectivity index is 1.87. The lowest BCUT2D eigenvalue weighted by Gasteiger charge is -2.24. The fraction of sp³-hybridized carbons (Fsp3) is 0.259. The van der Waals surface area contributed by atoms with Gasteiger partial charge in [0.15, 0.2) is 4.80 Å². The maximum atomic E-state index is 13.7. The summed E-state index contributed by atoms with van der Waals surface area (Å²) in [7, 11) is 0. The molecule has 3 aromatic rings. The van der Waals surface area contributed by atoms with Crippen LogP contribution < -0.4 is 24.4 Å². The van der Waals surface area contributed by atoms with Gasteiger partial charge in [0.25, 0.3) is 5.56 Å². The van der Waals surface area contributed by atoms with Crippen LogP contribution in [0.4, 0.5) is 0 Å². The maximum Gasteiger partial charge on any atom is 0.338 e. The Kier molecular flexibility index (Phi) is 7.49. The van der Waals surface area contributed by atoms with Crippen LogP contribution in [0.15, 0.2) is 69.6 Å². The highest BCUT2D eigenvalue weighted by molar-refractivity contribution is 7.07. The van der Waals surface area contributed by atoms with E-state index in [0.717, 1.165) is 5.56 Å². The molecule has 9 heteroatoms. The molecule has 1 aromatic heterocycles. The number of fused-ring (bicyclic) bond motifs is 1. The first kappa shape index (κ1) is 25.1. The lowest BCUT2D eigenvalue weighted by molar-refractivity contribution is -0.139. The zero-order valence-corrected chi connectivity index (χ0v) is 21.3. The van der Waals surface area contributed by atoms with E-state index in [0.29, 0.717) is 44.3 Å². The van der Waals surface area contributed by atoms with Gasteiger partial charge in [0.2, 0.25) is 0 Å². The summed E-state index contributed by atoms with van der Waals surface area (Å²) in [4.78, 5) is 43.0. The number of allylic oxidation sites excluding steroid dienone is 1. The molecule has 0 saturated carbocycles. The van der Waals surface area contributed by atoms with E-state index in [9.17, 15) is 14.4 Å². The zero-order valence-electron chi connectivity index (χ0n) is 20.4. The van der Waals surface area contributed by atoms with Gasteiger partial charge in [-0.05, 0) is 62.2 Å². The standard InChI is InChI=1S/C27H26N2O6S/c1-5-33-20-12-10-19(11-13-20)24-23(26(32)34-6-2)16(3)28-27-29(24)25(31)22(36-27)15-18-8-7-9-21(14-18)35-17(4)30/h7-15,24H,5-6H2,1-4H3/b22-15-/t24-/m1/s1. The number of ether oxygens (including phenoxy) is 3. The van der Waals surface area contributed by atoms with E-state index >= 15 is 0 Å². The molecule has 0 amide bonds. The molecule has 0 radical (unpaired) electrons. The summed E-state index contributed by atoms with van der Waals surface area (Å²) in [5.74, 6) is 0.140. The first-order chi connectivity index (χ1) is 17.3. The van der Waals surface area contributed by atoms with Crippen LogP contribution in [0.25, 0.3) is 6.08 Å². The number of benzene rings is 2. The molecular weight excluding hydrogens is 480 g/mol. The summed E-state index contributed by atoms with van der Waals surface area (Å²) in [6.07, 6.45) is 1.72. The Bertz CT molecular complexity index is 1510. The van der Waals surface area contributed by atoms with Gasteiger partial charge in [-0.25, -0.2) is 9.79 Å². The van der Waals surface area contributed by atoms with Crippen LogP contribution in [0.5, 0.6) is 11.5 Å². The third-order valence-electron chi connectivity index (χ3n) is 5.44. The van der Waals surface area contributed by atoms with Crippen molar-refractivity contribution in [1.82, 2.24) is 4.57 Å². The Morgan fingerprint density at radius 3 is 2.50 bits per heavy atom. The van der Waals surface area contributed by atoms with Crippen molar-refractivity contribution >= 4 is 29.4 Å². The summed E-state index contributed by atoms with van der Waals surface area (Å²) in [6, 6.07) is 13.5. The van der Waals surface area contributed by atoms with E-state index in [-0.39, 0.29) is 12.2 Å². The minimum absolute atomic E-state index is 0.203. The van der Waals surface area contributed by atoms with Gasteiger partial charge < -0.3 is 14.2 Å². The van der Waals surface area contributed by atoms with Crippen LogP contribution >= 0.6 is 11.3 Å². The third-order valence-corrected chi connectivity index (χ3v) is 6.42. The van der Waals surface area contributed by atoms with Crippen LogP contribution in [0.1, 0.15) is 44.9 Å². The second-order valence-electron chi connectivity index (χ2n) is 7.97. The lowest BCUT2D eigenvalue weighted by atomic mass is 9.96. The number of hydrogen-bond donors (Lipinski definition) is 0. The van der Waals surface area contributed by atoms with Crippen molar-refractivity contribution in [3.63, 3.8) is 0 Å². The Morgan fingerprint density at radius 2 is 1.83 bits per heavy atom. The van der Waals surface area contributed by atoms with E-state index in [1.165, 1.54) is 22.8 Å². The molecular formula is C27H26N2O6S. The van der Waals surface area contributed by atoms with E-state index in [1.54, 1.807) is 38.1 Å². The molecule has 1 atom stereocenters. The Hall–Kier alpha value is -3.98. The highest BCUT2D eigenvalue weighted by Crippen LogP contribution is 2.31. The largest absolute Gasteiger partial charge is 0.494 e. The van der Waals surface area contributed by atoms with E-state index in [4.69, 9.17) is 14.2 Å². The predicted octanol–water partition coefficient (Wildman–Crippen LogP) is 3.12. The van der Waals surface area contributed by atoms with Gasteiger partial charge in [0, 0.05) is 6.92 Å². The number of carbonyl (C=O) groups is 2. The Morgan fingerprint density at radius 1 is 1.08 bits per heavy atom. The summed E-state index contributed by atoms with van der Waals surface area (Å²) in [5.41, 5.74) is 1.96. The van der Waals surface area contributed by atoms with Crippen LogP contribution in [0.2, 0.25) is 0 Å². The van der Waals surface area contributed by atoms with Crippen molar-refractivity contribution in [2.45, 2.75) is 33.7 Å². The van der Waals surface area contributed by atoms with Crippen LogP contribution in [0, 0.1) is 0 Å². The third kappa shape index (κ3) is 5.16. The molecule has 0 spiro atoms. The smallest absolute Gasteiger partial charge is 0.338 e. The number of nitrogens with zero attached hydrogens (tertiary/aromatic N) is 2. The molecule has 36 heavy (non-hydrogen) atoms. The number of aromatic nitrogens is 1. The van der Waals surface area contributed by atoms with Crippen LogP contribution in [-0.4, -0.2) is 29.7 Å². The predicted molar refractivity (Wildman–Crippen MR) is 136 cm³/mol. The van der Waals surface area contributed by atoms with Gasteiger partial charge in [-0.3, -0.25) is 14.2 Å². The summed E-state index contributed by atoms with van der Waals surface area (Å²) >= 11 is 1.23. The topological polar surface area (TPSA) is 96.2 Å². The van der Waals surface area contributed by atoms with Crippen molar-refractivity contribution in [3.05, 3.63) is 90.6 Å². The molecule has 0 saturated heterocycles. The molecule has 0 fully saturated rings. The maximum absolute atomic E-state index is 13.7. The summed E-state index contributed by atoms with van der Waals surface area (Å²) in [5, 5.41) is 0. The second-order valence-corrected chi connectivity index (χ2v) is 8.98. The van der Waals surface area contributed by atoms with Gasteiger partial charge in [0.05, 0.1) is 35.1 Å². The summed E-state index contributed by atoms with van der Waals surface area (Å²) in [6.45, 7) is 7.44. The van der Waals surface area contributed by atoms with Crippen molar-refractivity contribution < 1.29 is 23.8 Å². The molecule has 0 aliphatic carbocycles. The normalized spacial score (nSPS) is 15.2. The fourth-order valence-electron chi connectivity index (χ4n) is 4.01. The number of carbonyl (C=O) groups excluding carboxylic acids is 2. The molecule has 0 N–H and O–H groups in total. The van der Waals surface area contributed by atoms with Gasteiger partial charge in [0.1, 0.15) is 11.5 Å². The van der Waals surface area contributed by atoms with Gasteiger partial charge in [-0.15, -0.1) is 0 Å². The molecule has 186 valence electrons. The first-order valence-corrected chi connectivity index (χ1v) is 12.3. The first-order valence-electron chi connectivity index (χ1n) is 11.5. The number of rotatable bonds is 7. The minimum atomic E-state index is -0.703. The average molecular weight is 507 g/mol. The SMILES string of the molecule is CCOC(=O)C1=C(C)N=c2s/c(=C\c3cccc(OC(C)=O)c3)c(=O)n2[C@@H]1c1ccc(OCC)cc1. The van der Waals surface area contributed by atoms with Gasteiger partial charge in [-0.1, -0.05) is 35.6 Å². The monoisotopic (exact) mass is 506 g/mol. The van der Waals surface area contributed by atoms with Gasteiger partial charge >= 0.3 is 11.9 Å². The van der Waals surface area contributed by atoms with E-state index < -0.39 is 18.0 Å². The molecule has 0 unspecified atom stereocenters. The molecule has 1 aliphatic rings. The van der Waals surface area contributed by atoms with Crippen LogP contribution in [-0.2, 0) is 14.3 Å². The molecule has 8 nitrogen and oxygen atoms in total. The van der Waals surface area contributed by atoms with Crippen molar-refractivity contribution in [2.75, 3.05) is 13.2 Å². The number of thiazole rings is 1. The molecule has 2 aromatic carbocycles. The van der Waals surface area contributed by atoms with Gasteiger partial charge in [-0.2, -0.15) is 0 Å². The zero-order chi connectivity index (χ0) is 25.8. The Labute approximate surface area is 211 Å². The lowest BCUT2D eigenvalue weighted by Crippen LogP contribution is -2.39. The molecule has 2 heterocycles. The highest BCUT2D eigenvalue weighted by atomic mass is 32.1. The number of hydrogen-bond acceptors (Lipinski definition) is 8. The average Bonchev–Trinajstić information content (AvgIpc) is 3.13. The fourth-order valence-corrected chi connectivity index (χ4v) is 5.05. The van der Waals surface area contributed by atoms with Crippen LogP contribution in [0.3, 0.4) is 0 Å². The van der Waals surface area contributed by atoms with E-state index in [2.05, 4.69) is 4.99 Å². The molecule has 1 aliphatic heterocycles. The number of esters is 2. The van der Waals surface area contributed by atoms with Crippen molar-refractivity contribution in [1.29, 1.82) is 0 Å². The summed E-state index contributed by atoms with van der Waals surface area (Å²) < 4.78 is 18.0. The molecule has 4 rings (SSSR count).